The Morgan fingerprint density at radius 2 is 2.07 bits per heavy atom. The first-order chi connectivity index (χ1) is 13.2. The normalized spacial score (nSPS) is 20.5. The molecule has 2 aliphatic rings. The Kier molecular flexibility index (Phi) is 5.58. The Bertz CT molecular complexity index is 784. The summed E-state index contributed by atoms with van der Waals surface area (Å²) in [6.07, 6.45) is 7.98. The molecule has 0 unspecified atom stereocenters. The number of carbonyl (C=O) groups excluding carboxylic acids is 1. The third kappa shape index (κ3) is 4.08. The van der Waals surface area contributed by atoms with Gasteiger partial charge in [0, 0.05) is 57.5 Å². The van der Waals surface area contributed by atoms with E-state index in [-0.39, 0.29) is 0 Å². The number of rotatable bonds is 5. The van der Waals surface area contributed by atoms with Crippen LogP contribution in [-0.2, 0) is 24.3 Å². The Labute approximate surface area is 162 Å². The van der Waals surface area contributed by atoms with Gasteiger partial charge in [0.2, 0.25) is 5.91 Å². The fraction of sp³-hybridized carbons (Fsp3) is 0.545. The van der Waals surface area contributed by atoms with E-state index in [4.69, 9.17) is 0 Å². The summed E-state index contributed by atoms with van der Waals surface area (Å²) in [6.45, 7) is 7.74. The van der Waals surface area contributed by atoms with Crippen LogP contribution in [0.1, 0.15) is 49.1 Å². The molecule has 1 aromatic heterocycles. The van der Waals surface area contributed by atoms with Crippen molar-refractivity contribution in [2.75, 3.05) is 26.2 Å². The average molecular weight is 367 g/mol. The van der Waals surface area contributed by atoms with Gasteiger partial charge in [-0.15, -0.1) is 0 Å². The summed E-state index contributed by atoms with van der Waals surface area (Å²) in [4.78, 5) is 21.8. The van der Waals surface area contributed by atoms with Gasteiger partial charge in [0.25, 0.3) is 0 Å². The maximum atomic E-state index is 12.7. The van der Waals surface area contributed by atoms with Gasteiger partial charge in [-0.1, -0.05) is 24.3 Å². The first-order valence-corrected chi connectivity index (χ1v) is 10.3. The second-order valence-electron chi connectivity index (χ2n) is 7.80. The fourth-order valence-corrected chi connectivity index (χ4v) is 4.54. The van der Waals surface area contributed by atoms with Crippen LogP contribution in [0, 0.1) is 0 Å². The molecule has 5 nitrogen and oxygen atoms in total. The number of imidazole rings is 1. The molecule has 1 fully saturated rings. The first kappa shape index (κ1) is 18.2. The third-order valence-corrected chi connectivity index (χ3v) is 6.08. The van der Waals surface area contributed by atoms with Crippen molar-refractivity contribution >= 4 is 5.91 Å². The number of likely N-dealkylation sites (tertiary alicyclic amines) is 1. The zero-order chi connectivity index (χ0) is 18.6. The second-order valence-corrected chi connectivity index (χ2v) is 7.80. The standard InChI is InChI=1S/C22H30N4O/c1-2-25-15-11-23-22(25)20-8-5-12-24(16-20)13-10-21(27)26-14-9-18-6-3-4-7-19(18)17-26/h3-4,6-7,11,15,20H,2,5,8-10,12-14,16-17H2,1H3/t20-/m1/s1. The Balaban J connectivity index is 1.30. The number of amides is 1. The fourth-order valence-electron chi connectivity index (χ4n) is 4.54. The zero-order valence-corrected chi connectivity index (χ0v) is 16.3. The molecule has 0 N–H and O–H groups in total. The molecule has 3 heterocycles. The molecule has 1 atom stereocenters. The summed E-state index contributed by atoms with van der Waals surface area (Å²) in [5.74, 6) is 1.99. The summed E-state index contributed by atoms with van der Waals surface area (Å²) in [6, 6.07) is 8.50. The van der Waals surface area contributed by atoms with Crippen LogP contribution >= 0.6 is 0 Å². The number of fused-ring (bicyclic) bond motifs is 1. The minimum absolute atomic E-state index is 0.293. The highest BCUT2D eigenvalue weighted by atomic mass is 16.2. The smallest absolute Gasteiger partial charge is 0.224 e. The van der Waals surface area contributed by atoms with Crippen LogP contribution in [-0.4, -0.2) is 51.4 Å². The lowest BCUT2D eigenvalue weighted by molar-refractivity contribution is -0.132. The number of benzene rings is 1. The van der Waals surface area contributed by atoms with Gasteiger partial charge >= 0.3 is 0 Å². The highest BCUT2D eigenvalue weighted by Gasteiger charge is 2.26. The molecule has 1 aromatic carbocycles. The summed E-state index contributed by atoms with van der Waals surface area (Å²) in [5.41, 5.74) is 2.70. The molecule has 2 aromatic rings. The topological polar surface area (TPSA) is 41.4 Å². The van der Waals surface area contributed by atoms with E-state index in [0.717, 1.165) is 45.7 Å². The van der Waals surface area contributed by atoms with Crippen LogP contribution in [0.4, 0.5) is 0 Å². The quantitative estimate of drug-likeness (QED) is 0.817. The molecule has 2 aliphatic heterocycles. The maximum Gasteiger partial charge on any atom is 0.224 e. The molecular weight excluding hydrogens is 336 g/mol. The number of aromatic nitrogens is 2. The molecule has 0 aliphatic carbocycles. The van der Waals surface area contributed by atoms with E-state index in [1.165, 1.54) is 29.8 Å². The molecule has 1 saturated heterocycles. The third-order valence-electron chi connectivity index (χ3n) is 6.08. The summed E-state index contributed by atoms with van der Waals surface area (Å²) < 4.78 is 2.25. The van der Waals surface area contributed by atoms with Crippen molar-refractivity contribution in [3.8, 4) is 0 Å². The highest BCUT2D eigenvalue weighted by molar-refractivity contribution is 5.76. The lowest BCUT2D eigenvalue weighted by atomic mass is 9.96. The van der Waals surface area contributed by atoms with Crippen molar-refractivity contribution < 1.29 is 4.79 Å². The molecule has 144 valence electrons. The lowest BCUT2D eigenvalue weighted by Gasteiger charge is -2.33. The van der Waals surface area contributed by atoms with Crippen LogP contribution in [0.2, 0.25) is 0 Å². The van der Waals surface area contributed by atoms with Crippen LogP contribution < -0.4 is 0 Å². The van der Waals surface area contributed by atoms with Gasteiger partial charge in [-0.25, -0.2) is 4.98 Å². The second kappa shape index (κ2) is 8.26. The number of nitrogens with zero attached hydrogens (tertiary/aromatic N) is 4. The molecule has 5 heteroatoms. The van der Waals surface area contributed by atoms with Crippen LogP contribution in [0.3, 0.4) is 0 Å². The largest absolute Gasteiger partial charge is 0.338 e. The molecule has 4 rings (SSSR count). The highest BCUT2D eigenvalue weighted by Crippen LogP contribution is 2.26. The predicted molar refractivity (Wildman–Crippen MR) is 106 cm³/mol. The number of hydrogen-bond donors (Lipinski definition) is 0. The van der Waals surface area contributed by atoms with E-state index in [2.05, 4.69) is 51.8 Å². The van der Waals surface area contributed by atoms with E-state index >= 15 is 0 Å². The van der Waals surface area contributed by atoms with Crippen LogP contribution in [0.15, 0.2) is 36.7 Å². The Morgan fingerprint density at radius 1 is 1.22 bits per heavy atom. The van der Waals surface area contributed by atoms with Gasteiger partial charge in [0.1, 0.15) is 5.82 Å². The van der Waals surface area contributed by atoms with Crippen molar-refractivity contribution in [1.82, 2.24) is 19.4 Å². The van der Waals surface area contributed by atoms with Crippen molar-refractivity contribution in [2.45, 2.75) is 51.6 Å². The minimum atomic E-state index is 0.293. The lowest BCUT2D eigenvalue weighted by Crippen LogP contribution is -2.40. The molecule has 27 heavy (non-hydrogen) atoms. The summed E-state index contributed by atoms with van der Waals surface area (Å²) in [7, 11) is 0. The van der Waals surface area contributed by atoms with E-state index in [1.54, 1.807) is 0 Å². The Hall–Kier alpha value is -2.14. The Morgan fingerprint density at radius 3 is 2.93 bits per heavy atom. The van der Waals surface area contributed by atoms with Gasteiger partial charge in [0.05, 0.1) is 0 Å². The minimum Gasteiger partial charge on any atom is -0.338 e. The van der Waals surface area contributed by atoms with Crippen LogP contribution in [0.5, 0.6) is 0 Å². The molecule has 0 radical (unpaired) electrons. The van der Waals surface area contributed by atoms with E-state index in [9.17, 15) is 4.79 Å². The maximum absolute atomic E-state index is 12.7. The van der Waals surface area contributed by atoms with Crippen LogP contribution in [0.25, 0.3) is 0 Å². The summed E-state index contributed by atoms with van der Waals surface area (Å²) in [5, 5.41) is 0. The van der Waals surface area contributed by atoms with Gasteiger partial charge in [0.15, 0.2) is 0 Å². The SMILES string of the molecule is CCn1ccnc1[C@@H]1CCCN(CCC(=O)N2CCc3ccccc3C2)C1. The molecule has 0 spiro atoms. The van der Waals surface area contributed by atoms with Crippen molar-refractivity contribution in [3.63, 3.8) is 0 Å². The van der Waals surface area contributed by atoms with Crippen molar-refractivity contribution in [1.29, 1.82) is 0 Å². The van der Waals surface area contributed by atoms with Gasteiger partial charge in [-0.3, -0.25) is 4.79 Å². The number of piperidine rings is 1. The number of aryl methyl sites for hydroxylation is 1. The molecular formula is C22H30N4O. The van der Waals surface area contributed by atoms with Crippen molar-refractivity contribution in [2.24, 2.45) is 0 Å². The van der Waals surface area contributed by atoms with Gasteiger partial charge in [-0.05, 0) is 43.9 Å². The van der Waals surface area contributed by atoms with Gasteiger partial charge < -0.3 is 14.4 Å². The zero-order valence-electron chi connectivity index (χ0n) is 16.3. The number of hydrogen-bond acceptors (Lipinski definition) is 3. The van der Waals surface area contributed by atoms with Gasteiger partial charge in [-0.2, -0.15) is 0 Å². The molecule has 0 saturated carbocycles. The summed E-state index contributed by atoms with van der Waals surface area (Å²) >= 11 is 0. The average Bonchev–Trinajstić information content (AvgIpc) is 3.21. The molecule has 1 amide bonds. The van der Waals surface area contributed by atoms with E-state index < -0.39 is 0 Å². The predicted octanol–water partition coefficient (Wildman–Crippen LogP) is 3.06. The first-order valence-electron chi connectivity index (χ1n) is 10.3. The van der Waals surface area contributed by atoms with E-state index in [1.807, 2.05) is 11.1 Å². The molecule has 0 bridgehead atoms. The van der Waals surface area contributed by atoms with Crippen molar-refractivity contribution in [3.05, 3.63) is 53.6 Å². The monoisotopic (exact) mass is 366 g/mol. The van der Waals surface area contributed by atoms with E-state index in [0.29, 0.717) is 18.2 Å². The number of carbonyl (C=O) groups is 1.